The molecule has 1 aromatic carbocycles. The van der Waals surface area contributed by atoms with Crippen molar-refractivity contribution in [1.82, 2.24) is 9.78 Å². The van der Waals surface area contributed by atoms with Crippen LogP contribution in [-0.2, 0) is 6.73 Å². The first-order valence-corrected chi connectivity index (χ1v) is 4.90. The second kappa shape index (κ2) is 5.75. The van der Waals surface area contributed by atoms with Crippen LogP contribution in [0.4, 0.5) is 10.2 Å². The molecule has 1 heterocycles. The standard InChI is InChI=1S/C10H9ClFN3O.ClH/c11-7-5-15(14-10(7)13)6-16-9-4-2-1-3-8(9)12;/h1-5H,6H2,(H2,13,14);1H. The molecule has 0 bridgehead atoms. The van der Waals surface area contributed by atoms with Gasteiger partial charge in [0.15, 0.2) is 24.1 Å². The first-order chi connectivity index (χ1) is 7.66. The monoisotopic (exact) mass is 277 g/mol. The zero-order valence-electron chi connectivity index (χ0n) is 8.64. The molecule has 0 amide bonds. The van der Waals surface area contributed by atoms with Crippen molar-refractivity contribution in [2.45, 2.75) is 6.73 Å². The van der Waals surface area contributed by atoms with Gasteiger partial charge in [-0.3, -0.25) is 0 Å². The lowest BCUT2D eigenvalue weighted by atomic mass is 10.3. The van der Waals surface area contributed by atoms with Crippen LogP contribution in [0.5, 0.6) is 5.75 Å². The number of hydrogen-bond donors (Lipinski definition) is 1. The molecule has 1 aromatic heterocycles. The number of anilines is 1. The van der Waals surface area contributed by atoms with Crippen LogP contribution >= 0.6 is 24.0 Å². The highest BCUT2D eigenvalue weighted by Crippen LogP contribution is 2.18. The molecule has 4 nitrogen and oxygen atoms in total. The van der Waals surface area contributed by atoms with E-state index < -0.39 is 5.82 Å². The molecular weight excluding hydrogens is 268 g/mol. The fourth-order valence-electron chi connectivity index (χ4n) is 1.18. The van der Waals surface area contributed by atoms with Crippen molar-refractivity contribution in [2.75, 3.05) is 5.73 Å². The number of nitrogens with two attached hydrogens (primary N) is 1. The number of nitrogen functional groups attached to an aromatic ring is 1. The number of hydrogen-bond acceptors (Lipinski definition) is 3. The molecule has 2 N–H and O–H groups in total. The number of benzene rings is 1. The van der Waals surface area contributed by atoms with E-state index in [2.05, 4.69) is 5.10 Å². The predicted molar refractivity (Wildman–Crippen MR) is 65.9 cm³/mol. The average molecular weight is 278 g/mol. The Balaban J connectivity index is 0.00000144. The van der Waals surface area contributed by atoms with Gasteiger partial charge < -0.3 is 10.5 Å². The van der Waals surface area contributed by atoms with Gasteiger partial charge in [0.05, 0.1) is 0 Å². The van der Waals surface area contributed by atoms with Gasteiger partial charge in [0.25, 0.3) is 0 Å². The molecule has 7 heteroatoms. The molecular formula is C10H10Cl2FN3O. The van der Waals surface area contributed by atoms with Gasteiger partial charge in [-0.15, -0.1) is 12.4 Å². The number of nitrogens with zero attached hydrogens (tertiary/aromatic N) is 2. The minimum Gasteiger partial charge on any atom is -0.468 e. The summed E-state index contributed by atoms with van der Waals surface area (Å²) in [6.45, 7) is 0.0534. The largest absolute Gasteiger partial charge is 0.468 e. The van der Waals surface area contributed by atoms with E-state index in [1.807, 2.05) is 0 Å². The van der Waals surface area contributed by atoms with Crippen LogP contribution in [-0.4, -0.2) is 9.78 Å². The van der Waals surface area contributed by atoms with E-state index in [4.69, 9.17) is 22.1 Å². The SMILES string of the molecule is Cl.Nc1nn(COc2ccccc2F)cc1Cl. The third-order valence-electron chi connectivity index (χ3n) is 1.93. The van der Waals surface area contributed by atoms with E-state index >= 15 is 0 Å². The van der Waals surface area contributed by atoms with E-state index in [0.717, 1.165) is 0 Å². The van der Waals surface area contributed by atoms with Gasteiger partial charge in [-0.2, -0.15) is 5.10 Å². The highest BCUT2D eigenvalue weighted by Gasteiger charge is 2.04. The summed E-state index contributed by atoms with van der Waals surface area (Å²) in [6.07, 6.45) is 1.51. The van der Waals surface area contributed by atoms with Crippen LogP contribution < -0.4 is 10.5 Å². The van der Waals surface area contributed by atoms with Crippen molar-refractivity contribution in [3.05, 3.63) is 41.3 Å². The normalized spacial score (nSPS) is 9.76. The molecule has 0 aliphatic carbocycles. The molecule has 0 unspecified atom stereocenters. The summed E-state index contributed by atoms with van der Waals surface area (Å²) >= 11 is 5.70. The summed E-state index contributed by atoms with van der Waals surface area (Å²) in [7, 11) is 0. The van der Waals surface area contributed by atoms with E-state index in [0.29, 0.717) is 5.02 Å². The topological polar surface area (TPSA) is 53.1 Å². The van der Waals surface area contributed by atoms with Gasteiger partial charge in [-0.25, -0.2) is 9.07 Å². The lowest BCUT2D eigenvalue weighted by molar-refractivity contribution is 0.212. The number of ether oxygens (including phenoxy) is 1. The first-order valence-electron chi connectivity index (χ1n) is 4.52. The average Bonchev–Trinajstić information content (AvgIpc) is 2.57. The summed E-state index contributed by atoms with van der Waals surface area (Å²) in [6, 6.07) is 6.12. The van der Waals surface area contributed by atoms with Crippen molar-refractivity contribution in [3.63, 3.8) is 0 Å². The second-order valence-electron chi connectivity index (χ2n) is 3.11. The number of halogens is 3. The van der Waals surface area contributed by atoms with Gasteiger partial charge in [-0.1, -0.05) is 23.7 Å². The van der Waals surface area contributed by atoms with Gasteiger partial charge in [0, 0.05) is 6.20 Å². The quantitative estimate of drug-likeness (QED) is 0.939. The van der Waals surface area contributed by atoms with Crippen LogP contribution in [0, 0.1) is 5.82 Å². The Kier molecular flexibility index (Phi) is 4.60. The van der Waals surface area contributed by atoms with Crippen LogP contribution in [0.3, 0.4) is 0 Å². The van der Waals surface area contributed by atoms with Gasteiger partial charge in [0.1, 0.15) is 5.02 Å². The highest BCUT2D eigenvalue weighted by atomic mass is 35.5. The number of rotatable bonds is 3. The molecule has 0 saturated heterocycles. The molecule has 0 aliphatic heterocycles. The highest BCUT2D eigenvalue weighted by molar-refractivity contribution is 6.32. The Morgan fingerprint density at radius 1 is 1.41 bits per heavy atom. The lowest BCUT2D eigenvalue weighted by Gasteiger charge is -2.06. The van der Waals surface area contributed by atoms with Crippen LogP contribution in [0.2, 0.25) is 5.02 Å². The van der Waals surface area contributed by atoms with E-state index in [9.17, 15) is 4.39 Å². The van der Waals surface area contributed by atoms with Crippen molar-refractivity contribution >= 4 is 29.8 Å². The minimum atomic E-state index is -0.422. The van der Waals surface area contributed by atoms with Crippen molar-refractivity contribution in [1.29, 1.82) is 0 Å². The Morgan fingerprint density at radius 2 is 2.12 bits per heavy atom. The molecule has 0 radical (unpaired) electrons. The van der Waals surface area contributed by atoms with Crippen molar-refractivity contribution in [3.8, 4) is 5.75 Å². The van der Waals surface area contributed by atoms with Crippen LogP contribution in [0.15, 0.2) is 30.5 Å². The zero-order chi connectivity index (χ0) is 11.5. The summed E-state index contributed by atoms with van der Waals surface area (Å²) in [5.74, 6) is -0.0415. The smallest absolute Gasteiger partial charge is 0.181 e. The van der Waals surface area contributed by atoms with Crippen LogP contribution in [0.25, 0.3) is 0 Å². The van der Waals surface area contributed by atoms with Gasteiger partial charge in [-0.05, 0) is 12.1 Å². The zero-order valence-corrected chi connectivity index (χ0v) is 10.2. The molecule has 0 aliphatic rings. The van der Waals surface area contributed by atoms with Gasteiger partial charge in [0.2, 0.25) is 0 Å². The fraction of sp³-hybridized carbons (Fsp3) is 0.100. The summed E-state index contributed by atoms with van der Waals surface area (Å²) < 4.78 is 19.8. The summed E-state index contributed by atoms with van der Waals surface area (Å²) in [5, 5.41) is 4.21. The van der Waals surface area contributed by atoms with E-state index in [-0.39, 0.29) is 30.7 Å². The summed E-state index contributed by atoms with van der Waals surface area (Å²) in [4.78, 5) is 0. The third-order valence-corrected chi connectivity index (χ3v) is 2.22. The Hall–Kier alpha value is -1.46. The minimum absolute atomic E-state index is 0. The van der Waals surface area contributed by atoms with Gasteiger partial charge >= 0.3 is 0 Å². The lowest BCUT2D eigenvalue weighted by Crippen LogP contribution is -2.06. The number of para-hydroxylation sites is 1. The third kappa shape index (κ3) is 3.25. The fourth-order valence-corrected chi connectivity index (χ4v) is 1.33. The molecule has 2 aromatic rings. The van der Waals surface area contributed by atoms with Crippen molar-refractivity contribution in [2.24, 2.45) is 0 Å². The Morgan fingerprint density at radius 3 is 2.71 bits per heavy atom. The number of aromatic nitrogens is 2. The maximum absolute atomic E-state index is 13.2. The Labute approximate surface area is 109 Å². The summed E-state index contributed by atoms with van der Waals surface area (Å²) in [5.41, 5.74) is 5.45. The molecule has 0 atom stereocenters. The first kappa shape index (κ1) is 13.6. The van der Waals surface area contributed by atoms with Crippen LogP contribution in [0.1, 0.15) is 0 Å². The second-order valence-corrected chi connectivity index (χ2v) is 3.51. The molecule has 0 spiro atoms. The molecule has 0 saturated carbocycles. The molecule has 0 fully saturated rings. The maximum atomic E-state index is 13.2. The molecule has 2 rings (SSSR count). The molecule has 92 valence electrons. The Bertz CT molecular complexity index is 485. The molecule has 17 heavy (non-hydrogen) atoms. The van der Waals surface area contributed by atoms with E-state index in [1.54, 1.807) is 12.1 Å². The predicted octanol–water partition coefficient (Wildman–Crippen LogP) is 2.72. The van der Waals surface area contributed by atoms with E-state index in [1.165, 1.54) is 23.0 Å². The maximum Gasteiger partial charge on any atom is 0.181 e. The van der Waals surface area contributed by atoms with Crippen molar-refractivity contribution < 1.29 is 9.13 Å².